The molecule has 1 N–H and O–H groups in total. The molecule has 0 atom stereocenters. The van der Waals surface area contributed by atoms with Gasteiger partial charge < -0.3 is 5.11 Å². The fourth-order valence-electron chi connectivity index (χ4n) is 1.84. The van der Waals surface area contributed by atoms with E-state index in [1.54, 1.807) is 10.1 Å². The minimum atomic E-state index is -0.899. The summed E-state index contributed by atoms with van der Waals surface area (Å²) < 4.78 is 1.71. The number of hydrogen-bond acceptors (Lipinski definition) is 4. The molecule has 0 saturated heterocycles. The number of nitrogens with zero attached hydrogens (tertiary/aromatic N) is 3. The molecule has 0 aliphatic rings. The highest BCUT2D eigenvalue weighted by molar-refractivity contribution is 7.12. The van der Waals surface area contributed by atoms with Gasteiger partial charge in [0.25, 0.3) is 0 Å². The predicted octanol–water partition coefficient (Wildman–Crippen LogP) is 2.24. The summed E-state index contributed by atoms with van der Waals surface area (Å²) in [7, 11) is 0. The zero-order valence-corrected chi connectivity index (χ0v) is 10.1. The van der Waals surface area contributed by atoms with Crippen LogP contribution in [-0.4, -0.2) is 26.1 Å². The molecule has 3 rings (SSSR count). The van der Waals surface area contributed by atoms with Crippen molar-refractivity contribution in [1.82, 2.24) is 15.0 Å². The Kier molecular flexibility index (Phi) is 2.56. The van der Waals surface area contributed by atoms with Crippen molar-refractivity contribution in [2.45, 2.75) is 6.54 Å². The highest BCUT2D eigenvalue weighted by Gasteiger charge is 2.13. The van der Waals surface area contributed by atoms with E-state index in [4.69, 9.17) is 5.11 Å². The number of benzene rings is 1. The summed E-state index contributed by atoms with van der Waals surface area (Å²) in [5, 5.41) is 18.9. The Morgan fingerprint density at radius 1 is 1.33 bits per heavy atom. The van der Waals surface area contributed by atoms with E-state index in [1.807, 2.05) is 30.3 Å². The maximum absolute atomic E-state index is 11.0. The first-order valence-corrected chi connectivity index (χ1v) is 6.21. The van der Waals surface area contributed by atoms with Gasteiger partial charge in [0.1, 0.15) is 10.4 Å². The normalized spacial score (nSPS) is 10.9. The summed E-state index contributed by atoms with van der Waals surface area (Å²) in [6.45, 7) is 0.422. The molecule has 2 heterocycles. The van der Waals surface area contributed by atoms with Crippen LogP contribution in [0.4, 0.5) is 0 Å². The molecule has 0 aliphatic heterocycles. The standard InChI is InChI=1S/C12H9N3O2S/c16-12(17)11-8(5-6-18-11)7-15-10-4-2-1-3-9(10)13-14-15/h1-6H,7H2,(H,16,17). The second-order valence-electron chi connectivity index (χ2n) is 3.82. The molecule has 0 bridgehead atoms. The molecule has 6 heteroatoms. The number of thiophene rings is 1. The van der Waals surface area contributed by atoms with E-state index < -0.39 is 5.97 Å². The van der Waals surface area contributed by atoms with Crippen LogP contribution >= 0.6 is 11.3 Å². The van der Waals surface area contributed by atoms with Crippen LogP contribution in [0.5, 0.6) is 0 Å². The zero-order valence-electron chi connectivity index (χ0n) is 9.28. The Morgan fingerprint density at radius 3 is 3.00 bits per heavy atom. The monoisotopic (exact) mass is 259 g/mol. The van der Waals surface area contributed by atoms with Gasteiger partial charge in [0, 0.05) is 0 Å². The van der Waals surface area contributed by atoms with Crippen molar-refractivity contribution in [3.63, 3.8) is 0 Å². The molecular weight excluding hydrogens is 250 g/mol. The smallest absolute Gasteiger partial charge is 0.346 e. The fraction of sp³-hybridized carbons (Fsp3) is 0.0833. The number of rotatable bonds is 3. The lowest BCUT2D eigenvalue weighted by Crippen LogP contribution is -2.05. The van der Waals surface area contributed by atoms with Crippen molar-refractivity contribution < 1.29 is 9.90 Å². The predicted molar refractivity (Wildman–Crippen MR) is 67.9 cm³/mol. The summed E-state index contributed by atoms with van der Waals surface area (Å²) >= 11 is 1.22. The summed E-state index contributed by atoms with van der Waals surface area (Å²) in [5.74, 6) is -0.899. The minimum Gasteiger partial charge on any atom is -0.477 e. The number of fused-ring (bicyclic) bond motifs is 1. The third kappa shape index (κ3) is 1.76. The molecule has 0 unspecified atom stereocenters. The van der Waals surface area contributed by atoms with Crippen LogP contribution in [0.15, 0.2) is 35.7 Å². The van der Waals surface area contributed by atoms with E-state index in [1.165, 1.54) is 11.3 Å². The van der Waals surface area contributed by atoms with Gasteiger partial charge in [-0.25, -0.2) is 9.48 Å². The van der Waals surface area contributed by atoms with Gasteiger partial charge in [0.15, 0.2) is 0 Å². The Bertz CT molecular complexity index is 717. The first-order valence-electron chi connectivity index (χ1n) is 5.33. The number of hydrogen-bond donors (Lipinski definition) is 1. The Balaban J connectivity index is 2.02. The molecule has 0 radical (unpaired) electrons. The molecular formula is C12H9N3O2S. The van der Waals surface area contributed by atoms with E-state index in [0.717, 1.165) is 16.6 Å². The summed E-state index contributed by atoms with van der Waals surface area (Å²) in [6.07, 6.45) is 0. The number of carboxylic acids is 1. The SMILES string of the molecule is O=C(O)c1sccc1Cn1nnc2ccccc21. The lowest BCUT2D eigenvalue weighted by atomic mass is 10.2. The van der Waals surface area contributed by atoms with Crippen molar-refractivity contribution >= 4 is 28.3 Å². The van der Waals surface area contributed by atoms with Crippen LogP contribution in [0.2, 0.25) is 0 Å². The molecule has 0 fully saturated rings. The van der Waals surface area contributed by atoms with Crippen molar-refractivity contribution in [2.24, 2.45) is 0 Å². The average Bonchev–Trinajstić information content (AvgIpc) is 2.97. The maximum atomic E-state index is 11.0. The van der Waals surface area contributed by atoms with Crippen LogP contribution in [0.25, 0.3) is 11.0 Å². The van der Waals surface area contributed by atoms with Gasteiger partial charge in [-0.15, -0.1) is 16.4 Å². The number of aromatic nitrogens is 3. The molecule has 18 heavy (non-hydrogen) atoms. The number of aromatic carboxylic acids is 1. The zero-order chi connectivity index (χ0) is 12.5. The lowest BCUT2D eigenvalue weighted by Gasteiger charge is -2.01. The van der Waals surface area contributed by atoms with Gasteiger partial charge in [0.2, 0.25) is 0 Å². The maximum Gasteiger partial charge on any atom is 0.346 e. The van der Waals surface area contributed by atoms with E-state index in [2.05, 4.69) is 10.3 Å². The summed E-state index contributed by atoms with van der Waals surface area (Å²) in [6, 6.07) is 9.42. The van der Waals surface area contributed by atoms with Crippen LogP contribution in [0, 0.1) is 0 Å². The Hall–Kier alpha value is -2.21. The van der Waals surface area contributed by atoms with Gasteiger partial charge >= 0.3 is 5.97 Å². The molecule has 0 spiro atoms. The number of para-hydroxylation sites is 1. The fourth-order valence-corrected chi connectivity index (χ4v) is 2.60. The minimum absolute atomic E-state index is 0.356. The molecule has 0 aliphatic carbocycles. The second-order valence-corrected chi connectivity index (χ2v) is 4.73. The van der Waals surface area contributed by atoms with Crippen molar-refractivity contribution in [2.75, 3.05) is 0 Å². The van der Waals surface area contributed by atoms with Crippen molar-refractivity contribution in [3.05, 3.63) is 46.2 Å². The van der Waals surface area contributed by atoms with E-state index in [0.29, 0.717) is 11.4 Å². The van der Waals surface area contributed by atoms with E-state index >= 15 is 0 Å². The van der Waals surface area contributed by atoms with Gasteiger partial charge in [-0.05, 0) is 29.1 Å². The van der Waals surface area contributed by atoms with Crippen LogP contribution in [0.1, 0.15) is 15.2 Å². The van der Waals surface area contributed by atoms with Crippen LogP contribution < -0.4 is 0 Å². The molecule has 0 saturated carbocycles. The molecule has 90 valence electrons. The quantitative estimate of drug-likeness (QED) is 0.783. The third-order valence-electron chi connectivity index (χ3n) is 2.68. The van der Waals surface area contributed by atoms with Crippen molar-refractivity contribution in [1.29, 1.82) is 0 Å². The summed E-state index contributed by atoms with van der Waals surface area (Å²) in [5.41, 5.74) is 2.47. The molecule has 1 aromatic carbocycles. The Morgan fingerprint density at radius 2 is 2.17 bits per heavy atom. The van der Waals surface area contributed by atoms with Gasteiger partial charge in [-0.2, -0.15) is 0 Å². The Labute approximate surface area is 106 Å². The molecule has 5 nitrogen and oxygen atoms in total. The average molecular weight is 259 g/mol. The van der Waals surface area contributed by atoms with Crippen molar-refractivity contribution in [3.8, 4) is 0 Å². The van der Waals surface area contributed by atoms with E-state index in [-0.39, 0.29) is 0 Å². The summed E-state index contributed by atoms with van der Waals surface area (Å²) in [4.78, 5) is 11.4. The number of carbonyl (C=O) groups is 1. The van der Waals surface area contributed by atoms with Crippen LogP contribution in [0.3, 0.4) is 0 Å². The third-order valence-corrected chi connectivity index (χ3v) is 3.63. The molecule has 2 aromatic heterocycles. The molecule has 3 aromatic rings. The van der Waals surface area contributed by atoms with Gasteiger partial charge in [-0.3, -0.25) is 0 Å². The second kappa shape index (κ2) is 4.23. The first kappa shape index (κ1) is 10.9. The van der Waals surface area contributed by atoms with Gasteiger partial charge in [0.05, 0.1) is 12.1 Å². The largest absolute Gasteiger partial charge is 0.477 e. The molecule has 0 amide bonds. The van der Waals surface area contributed by atoms with Gasteiger partial charge in [-0.1, -0.05) is 17.3 Å². The van der Waals surface area contributed by atoms with E-state index in [9.17, 15) is 4.79 Å². The van der Waals surface area contributed by atoms with Crippen LogP contribution in [-0.2, 0) is 6.54 Å². The lowest BCUT2D eigenvalue weighted by molar-refractivity contribution is 0.0701. The first-order chi connectivity index (χ1) is 8.75. The topological polar surface area (TPSA) is 68.0 Å². The highest BCUT2D eigenvalue weighted by Crippen LogP contribution is 2.19. The highest BCUT2D eigenvalue weighted by atomic mass is 32.1. The number of carboxylic acid groups (broad SMARTS) is 1.